The van der Waals surface area contributed by atoms with Gasteiger partial charge in [0.1, 0.15) is 6.04 Å². The van der Waals surface area contributed by atoms with Crippen molar-refractivity contribution in [2.75, 3.05) is 6.54 Å². The van der Waals surface area contributed by atoms with Crippen molar-refractivity contribution in [2.45, 2.75) is 63.3 Å². The predicted octanol–water partition coefficient (Wildman–Crippen LogP) is 4.02. The lowest BCUT2D eigenvalue weighted by Crippen LogP contribution is -2.32. The topological polar surface area (TPSA) is 59.2 Å². The molecule has 2 aliphatic rings. The molecule has 132 valence electrons. The van der Waals surface area contributed by atoms with Crippen molar-refractivity contribution in [3.8, 4) is 0 Å². The maximum absolute atomic E-state index is 12.7. The minimum absolute atomic E-state index is 0.0546. The van der Waals surface area contributed by atoms with E-state index in [9.17, 15) is 4.79 Å². The van der Waals surface area contributed by atoms with Crippen molar-refractivity contribution >= 4 is 5.91 Å². The molecule has 0 bridgehead atoms. The van der Waals surface area contributed by atoms with Gasteiger partial charge in [0.05, 0.1) is 6.42 Å². The van der Waals surface area contributed by atoms with Crippen LogP contribution in [0.5, 0.6) is 0 Å². The fraction of sp³-hybridized carbons (Fsp3) is 0.550. The number of nitrogens with zero attached hydrogens (tertiary/aromatic N) is 3. The Balaban J connectivity index is 1.46. The molecule has 25 heavy (non-hydrogen) atoms. The molecule has 2 fully saturated rings. The smallest absolute Gasteiger partial charge is 0.249 e. The van der Waals surface area contributed by atoms with Gasteiger partial charge in [0.15, 0.2) is 5.82 Å². The Morgan fingerprint density at radius 1 is 1.08 bits per heavy atom. The molecule has 1 unspecified atom stereocenters. The van der Waals surface area contributed by atoms with Gasteiger partial charge in [-0.25, -0.2) is 0 Å². The first-order valence-electron chi connectivity index (χ1n) is 9.48. The maximum Gasteiger partial charge on any atom is 0.249 e. The monoisotopic (exact) mass is 339 g/mol. The number of hydrogen-bond donors (Lipinski definition) is 0. The highest BCUT2D eigenvalue weighted by molar-refractivity contribution is 5.79. The number of carbonyl (C=O) groups excluding carboxylic acids is 1. The zero-order valence-corrected chi connectivity index (χ0v) is 14.6. The number of carbonyl (C=O) groups is 1. The van der Waals surface area contributed by atoms with Gasteiger partial charge in [0, 0.05) is 12.5 Å². The van der Waals surface area contributed by atoms with Crippen LogP contribution in [0.4, 0.5) is 0 Å². The Morgan fingerprint density at radius 3 is 2.68 bits per heavy atom. The first kappa shape index (κ1) is 16.3. The van der Waals surface area contributed by atoms with Crippen LogP contribution in [0.2, 0.25) is 0 Å². The molecule has 0 N–H and O–H groups in total. The quantitative estimate of drug-likeness (QED) is 0.844. The van der Waals surface area contributed by atoms with E-state index in [-0.39, 0.29) is 11.9 Å². The molecule has 1 saturated heterocycles. The number of rotatable bonds is 4. The van der Waals surface area contributed by atoms with Crippen LogP contribution in [0.15, 0.2) is 34.9 Å². The van der Waals surface area contributed by atoms with E-state index in [1.54, 1.807) is 0 Å². The molecule has 0 spiro atoms. The van der Waals surface area contributed by atoms with Crippen molar-refractivity contribution in [3.63, 3.8) is 0 Å². The molecule has 2 heterocycles. The molecule has 1 aromatic carbocycles. The van der Waals surface area contributed by atoms with Crippen LogP contribution in [0.1, 0.15) is 74.2 Å². The third-order valence-corrected chi connectivity index (χ3v) is 5.48. The van der Waals surface area contributed by atoms with Crippen LogP contribution in [0, 0.1) is 0 Å². The summed E-state index contributed by atoms with van der Waals surface area (Å²) in [7, 11) is 0. The van der Waals surface area contributed by atoms with Crippen molar-refractivity contribution in [1.82, 2.24) is 15.0 Å². The summed E-state index contributed by atoms with van der Waals surface area (Å²) in [5.41, 5.74) is 1.05. The molecule has 5 heteroatoms. The van der Waals surface area contributed by atoms with Gasteiger partial charge in [-0.3, -0.25) is 4.79 Å². The average Bonchev–Trinajstić information content (AvgIpc) is 3.32. The van der Waals surface area contributed by atoms with E-state index in [2.05, 4.69) is 10.1 Å². The number of benzene rings is 1. The average molecular weight is 339 g/mol. The molecule has 0 radical (unpaired) electrons. The van der Waals surface area contributed by atoms with Gasteiger partial charge in [-0.2, -0.15) is 4.98 Å². The lowest BCUT2D eigenvalue weighted by Gasteiger charge is -2.22. The normalized spacial score (nSPS) is 21.6. The largest absolute Gasteiger partial charge is 0.337 e. The van der Waals surface area contributed by atoms with Gasteiger partial charge in [0.2, 0.25) is 11.8 Å². The van der Waals surface area contributed by atoms with Crippen molar-refractivity contribution in [1.29, 1.82) is 0 Å². The Kier molecular flexibility index (Phi) is 4.81. The summed E-state index contributed by atoms with van der Waals surface area (Å²) in [6, 6.07) is 9.85. The highest BCUT2D eigenvalue weighted by atomic mass is 16.5. The molecule has 1 aliphatic carbocycles. The molecular formula is C20H25N3O2. The summed E-state index contributed by atoms with van der Waals surface area (Å²) in [6.07, 6.45) is 8.45. The van der Waals surface area contributed by atoms with Crippen molar-refractivity contribution in [3.05, 3.63) is 47.6 Å². The molecule has 5 nitrogen and oxygen atoms in total. The van der Waals surface area contributed by atoms with Gasteiger partial charge in [-0.05, 0) is 31.2 Å². The van der Waals surface area contributed by atoms with E-state index >= 15 is 0 Å². The van der Waals surface area contributed by atoms with E-state index in [4.69, 9.17) is 4.52 Å². The fourth-order valence-electron chi connectivity index (χ4n) is 4.10. The van der Waals surface area contributed by atoms with Gasteiger partial charge in [0.25, 0.3) is 0 Å². The van der Waals surface area contributed by atoms with Crippen LogP contribution in [0.25, 0.3) is 0 Å². The summed E-state index contributed by atoms with van der Waals surface area (Å²) >= 11 is 0. The van der Waals surface area contributed by atoms with Crippen LogP contribution < -0.4 is 0 Å². The van der Waals surface area contributed by atoms with Crippen molar-refractivity contribution < 1.29 is 9.32 Å². The van der Waals surface area contributed by atoms with Gasteiger partial charge < -0.3 is 9.42 Å². The maximum atomic E-state index is 12.7. The summed E-state index contributed by atoms with van der Waals surface area (Å²) in [5.74, 6) is 2.05. The standard InChI is InChI=1S/C20H25N3O2/c24-18(14-15-8-3-1-4-9-15)23-13-7-12-17(23)20-21-19(22-25-20)16-10-5-2-6-11-16/h1,3-4,8-9,16-17H,2,5-7,10-14H2. The van der Waals surface area contributed by atoms with E-state index in [0.717, 1.165) is 43.6 Å². The summed E-state index contributed by atoms with van der Waals surface area (Å²) in [6.45, 7) is 0.775. The first-order valence-corrected chi connectivity index (χ1v) is 9.48. The Labute approximate surface area is 148 Å². The van der Waals surface area contributed by atoms with Gasteiger partial charge in [-0.15, -0.1) is 0 Å². The Morgan fingerprint density at radius 2 is 1.88 bits per heavy atom. The fourth-order valence-corrected chi connectivity index (χ4v) is 4.10. The van der Waals surface area contributed by atoms with Gasteiger partial charge >= 0.3 is 0 Å². The third kappa shape index (κ3) is 3.60. The highest BCUT2D eigenvalue weighted by Crippen LogP contribution is 2.35. The Hall–Kier alpha value is -2.17. The van der Waals surface area contributed by atoms with Crippen LogP contribution in [-0.4, -0.2) is 27.5 Å². The van der Waals surface area contributed by atoms with Gasteiger partial charge in [-0.1, -0.05) is 54.8 Å². The third-order valence-electron chi connectivity index (χ3n) is 5.48. The summed E-state index contributed by atoms with van der Waals surface area (Å²) < 4.78 is 5.58. The van der Waals surface area contributed by atoms with E-state index in [1.165, 1.54) is 19.3 Å². The molecule has 1 aliphatic heterocycles. The highest BCUT2D eigenvalue weighted by Gasteiger charge is 2.34. The lowest BCUT2D eigenvalue weighted by atomic mass is 9.89. The van der Waals surface area contributed by atoms with Crippen LogP contribution in [-0.2, 0) is 11.2 Å². The second-order valence-corrected chi connectivity index (χ2v) is 7.23. The molecule has 1 aromatic heterocycles. The van der Waals surface area contributed by atoms with Crippen LogP contribution in [0.3, 0.4) is 0 Å². The SMILES string of the molecule is O=C(Cc1ccccc1)N1CCCC1c1nc(C2CCCCC2)no1. The lowest BCUT2D eigenvalue weighted by molar-refractivity contribution is -0.131. The second-order valence-electron chi connectivity index (χ2n) is 7.23. The minimum atomic E-state index is -0.0546. The number of likely N-dealkylation sites (tertiary alicyclic amines) is 1. The minimum Gasteiger partial charge on any atom is -0.337 e. The number of hydrogen-bond acceptors (Lipinski definition) is 4. The first-order chi connectivity index (χ1) is 12.3. The van der Waals surface area contributed by atoms with E-state index in [1.807, 2.05) is 35.2 Å². The zero-order valence-electron chi connectivity index (χ0n) is 14.6. The van der Waals surface area contributed by atoms with E-state index in [0.29, 0.717) is 18.2 Å². The van der Waals surface area contributed by atoms with Crippen molar-refractivity contribution in [2.24, 2.45) is 0 Å². The molecule has 4 rings (SSSR count). The molecule has 2 aromatic rings. The second kappa shape index (κ2) is 7.38. The zero-order chi connectivity index (χ0) is 17.1. The molecular weight excluding hydrogens is 314 g/mol. The van der Waals surface area contributed by atoms with Crippen LogP contribution >= 0.6 is 0 Å². The Bertz CT molecular complexity index is 707. The molecule has 1 atom stereocenters. The number of aromatic nitrogens is 2. The summed E-state index contributed by atoms with van der Waals surface area (Å²) in [4.78, 5) is 19.3. The molecule has 1 amide bonds. The predicted molar refractivity (Wildman–Crippen MR) is 94.0 cm³/mol. The van der Waals surface area contributed by atoms with E-state index < -0.39 is 0 Å². The molecule has 1 saturated carbocycles. The number of amides is 1. The summed E-state index contributed by atoms with van der Waals surface area (Å²) in [5, 5.41) is 4.24.